The van der Waals surface area contributed by atoms with Gasteiger partial charge in [-0.3, -0.25) is 14.4 Å². The van der Waals surface area contributed by atoms with Crippen LogP contribution in [-0.4, -0.2) is 59.3 Å². The van der Waals surface area contributed by atoms with Crippen LogP contribution in [-0.2, 0) is 38.1 Å². The van der Waals surface area contributed by atoms with Crippen LogP contribution in [0.25, 0.3) is 0 Å². The Bertz CT molecular complexity index is 1380. The lowest BCUT2D eigenvalue weighted by Gasteiger charge is -2.66. The molecule has 3 saturated carbocycles. The van der Waals surface area contributed by atoms with Crippen molar-refractivity contribution in [1.29, 1.82) is 0 Å². The van der Waals surface area contributed by atoms with Gasteiger partial charge in [0, 0.05) is 45.6 Å². The van der Waals surface area contributed by atoms with Crippen molar-refractivity contribution in [2.24, 2.45) is 34.0 Å². The summed E-state index contributed by atoms with van der Waals surface area (Å²) in [5.41, 5.74) is -5.08. The molecule has 1 N–H and O–H groups in total. The van der Waals surface area contributed by atoms with E-state index >= 15 is 0 Å². The van der Waals surface area contributed by atoms with E-state index in [4.69, 9.17) is 23.4 Å². The molecule has 10 nitrogen and oxygen atoms in total. The average molecular weight is 585 g/mol. The molecule has 228 valence electrons. The summed E-state index contributed by atoms with van der Waals surface area (Å²) in [5.74, 6) is -3.53. The summed E-state index contributed by atoms with van der Waals surface area (Å²) in [6.45, 7) is 10.8. The number of cyclic esters (lactones) is 1. The molecule has 2 aliphatic heterocycles. The number of carbonyl (C=O) groups excluding carboxylic acids is 4. The molecule has 10 atom stereocenters. The molecule has 1 aromatic rings. The molecule has 5 aliphatic rings. The molecular formula is C32H40O10. The van der Waals surface area contributed by atoms with Crippen LogP contribution < -0.4 is 0 Å². The number of aliphatic hydroxyl groups is 1. The van der Waals surface area contributed by atoms with Crippen LogP contribution in [0, 0.1) is 34.0 Å². The Morgan fingerprint density at radius 2 is 1.88 bits per heavy atom. The Hall–Kier alpha value is -2.98. The van der Waals surface area contributed by atoms with Gasteiger partial charge in [-0.15, -0.1) is 0 Å². The summed E-state index contributed by atoms with van der Waals surface area (Å²) in [6.07, 6.45) is 2.89. The fourth-order valence-electron chi connectivity index (χ4n) is 9.75. The number of hydrogen-bond acceptors (Lipinski definition) is 10. The summed E-state index contributed by atoms with van der Waals surface area (Å²) in [5, 5.41) is 12.7. The lowest BCUT2D eigenvalue weighted by molar-refractivity contribution is -0.250. The number of epoxide rings is 1. The lowest BCUT2D eigenvalue weighted by atomic mass is 9.36. The molecule has 0 radical (unpaired) electrons. The minimum Gasteiger partial charge on any atom is -0.472 e. The van der Waals surface area contributed by atoms with Crippen molar-refractivity contribution >= 4 is 23.7 Å². The van der Waals surface area contributed by atoms with Crippen molar-refractivity contribution in [2.45, 2.75) is 96.7 Å². The summed E-state index contributed by atoms with van der Waals surface area (Å²) in [6, 6.07) is 1.78. The standard InChI is InChI=1S/C32H40O10/c1-8-16(2)24(35)41-26-28(3,4)19(13-21(33)38-7)30(6)18-9-11-29(5)20(32(18)27(42-32)31(26,37)25(30)36)14-22(34)40-23(29)17-10-12-39-15-17/h8,10,12,15,18-20,23,26-27,37H,9,11,13-14H2,1-7H3/b16-8+/t18-,19+,20-,23+,26+,27-,29-,30+,31+,32+/m1/s1. The second kappa shape index (κ2) is 9.02. The highest BCUT2D eigenvalue weighted by Gasteiger charge is 2.90. The molecule has 3 heterocycles. The fraction of sp³-hybridized carbons (Fsp3) is 0.688. The van der Waals surface area contributed by atoms with E-state index in [0.717, 1.165) is 5.56 Å². The van der Waals surface area contributed by atoms with E-state index < -0.39 is 87.2 Å². The van der Waals surface area contributed by atoms with Crippen LogP contribution in [0.5, 0.6) is 0 Å². The zero-order valence-electron chi connectivity index (χ0n) is 25.2. The second-order valence-corrected chi connectivity index (χ2v) is 14.0. The van der Waals surface area contributed by atoms with Crippen LogP contribution in [0.15, 0.2) is 34.7 Å². The highest BCUT2D eigenvalue weighted by atomic mass is 16.6. The maximum absolute atomic E-state index is 14.7. The van der Waals surface area contributed by atoms with E-state index in [1.54, 1.807) is 32.3 Å². The van der Waals surface area contributed by atoms with Gasteiger partial charge in [0.15, 0.2) is 11.4 Å². The Labute approximate surface area is 245 Å². The first kappa shape index (κ1) is 29.1. The second-order valence-electron chi connectivity index (χ2n) is 14.0. The molecule has 6 rings (SSSR count). The van der Waals surface area contributed by atoms with Crippen LogP contribution >= 0.6 is 0 Å². The number of furan rings is 1. The summed E-state index contributed by atoms with van der Waals surface area (Å²) in [7, 11) is 1.30. The van der Waals surface area contributed by atoms with E-state index in [-0.39, 0.29) is 12.8 Å². The maximum Gasteiger partial charge on any atom is 0.333 e. The Morgan fingerprint density at radius 1 is 1.17 bits per heavy atom. The molecule has 2 saturated heterocycles. The number of Topliss-reactive ketones (excluding diaryl/α,β-unsaturated/α-hetero) is 1. The molecule has 0 amide bonds. The molecule has 42 heavy (non-hydrogen) atoms. The van der Waals surface area contributed by atoms with Gasteiger partial charge in [-0.05, 0) is 38.7 Å². The van der Waals surface area contributed by atoms with Gasteiger partial charge in [0.2, 0.25) is 0 Å². The predicted molar refractivity (Wildman–Crippen MR) is 145 cm³/mol. The topological polar surface area (TPSA) is 142 Å². The zero-order chi connectivity index (χ0) is 30.6. The molecule has 0 aromatic carbocycles. The number of rotatable bonds is 5. The van der Waals surface area contributed by atoms with Gasteiger partial charge in [0.05, 0.1) is 26.1 Å². The Kier molecular flexibility index (Phi) is 6.25. The van der Waals surface area contributed by atoms with Crippen molar-refractivity contribution in [1.82, 2.24) is 0 Å². The first-order chi connectivity index (χ1) is 19.6. The van der Waals surface area contributed by atoms with Crippen molar-refractivity contribution in [2.75, 3.05) is 7.11 Å². The van der Waals surface area contributed by atoms with Crippen LogP contribution in [0.2, 0.25) is 0 Å². The number of hydrogen-bond donors (Lipinski definition) is 1. The van der Waals surface area contributed by atoms with E-state index in [1.807, 2.05) is 20.8 Å². The van der Waals surface area contributed by atoms with E-state index in [9.17, 15) is 24.3 Å². The highest BCUT2D eigenvalue weighted by molar-refractivity contribution is 5.99. The maximum atomic E-state index is 14.7. The third kappa shape index (κ3) is 3.39. The van der Waals surface area contributed by atoms with Gasteiger partial charge < -0.3 is 28.5 Å². The molecule has 10 heteroatoms. The fourth-order valence-corrected chi connectivity index (χ4v) is 9.75. The number of esters is 3. The number of carbonyl (C=O) groups is 4. The number of ether oxygens (including phenoxy) is 4. The number of methoxy groups -OCH3 is 1. The molecule has 5 fully saturated rings. The van der Waals surface area contributed by atoms with E-state index in [0.29, 0.717) is 18.4 Å². The minimum absolute atomic E-state index is 0.0470. The molecule has 2 bridgehead atoms. The van der Waals surface area contributed by atoms with Crippen LogP contribution in [0.3, 0.4) is 0 Å². The third-order valence-corrected chi connectivity index (χ3v) is 11.8. The zero-order valence-corrected chi connectivity index (χ0v) is 25.2. The molecule has 3 aliphatic carbocycles. The first-order valence-corrected chi connectivity index (χ1v) is 14.7. The van der Waals surface area contributed by atoms with Crippen molar-refractivity contribution in [3.63, 3.8) is 0 Å². The molecule has 1 spiro atoms. The average Bonchev–Trinajstić information content (AvgIpc) is 3.44. The first-order valence-electron chi connectivity index (χ1n) is 14.7. The lowest BCUT2D eigenvalue weighted by Crippen LogP contribution is -2.80. The summed E-state index contributed by atoms with van der Waals surface area (Å²) < 4.78 is 29.0. The van der Waals surface area contributed by atoms with Crippen molar-refractivity contribution in [3.8, 4) is 0 Å². The van der Waals surface area contributed by atoms with Gasteiger partial charge >= 0.3 is 17.9 Å². The quantitative estimate of drug-likeness (QED) is 0.235. The largest absolute Gasteiger partial charge is 0.472 e. The summed E-state index contributed by atoms with van der Waals surface area (Å²) >= 11 is 0. The number of allylic oxidation sites excluding steroid dienone is 1. The highest BCUT2D eigenvalue weighted by Crippen LogP contribution is 2.78. The smallest absolute Gasteiger partial charge is 0.333 e. The minimum atomic E-state index is -2.20. The van der Waals surface area contributed by atoms with E-state index in [2.05, 4.69) is 6.92 Å². The van der Waals surface area contributed by atoms with E-state index in [1.165, 1.54) is 13.4 Å². The molecule has 1 aromatic heterocycles. The van der Waals surface area contributed by atoms with Gasteiger partial charge in [0.25, 0.3) is 0 Å². The van der Waals surface area contributed by atoms with Crippen molar-refractivity contribution < 1.29 is 47.6 Å². The Balaban J connectivity index is 1.53. The summed E-state index contributed by atoms with van der Waals surface area (Å²) in [4.78, 5) is 53.9. The number of ketones is 1. The number of fused-ring (bicyclic) bond motifs is 5. The monoisotopic (exact) mass is 584 g/mol. The Morgan fingerprint density at radius 3 is 2.50 bits per heavy atom. The van der Waals surface area contributed by atoms with Crippen LogP contribution in [0.4, 0.5) is 0 Å². The SMILES string of the molecule is C/C=C(\C)C(=O)O[C@H]1C(C)(C)[C@H](CC(=O)OC)[C@@]2(C)C(=O)[C@@]1(O)[C@H]1O[C@@]13[C@@H]1CC(=O)O[C@@H](c4ccoc4)[C@]1(C)CC[C@H]23. The van der Waals surface area contributed by atoms with Gasteiger partial charge in [-0.2, -0.15) is 0 Å². The van der Waals surface area contributed by atoms with Crippen molar-refractivity contribution in [3.05, 3.63) is 35.8 Å². The van der Waals surface area contributed by atoms with Gasteiger partial charge in [-0.1, -0.05) is 33.8 Å². The van der Waals surface area contributed by atoms with Gasteiger partial charge in [0.1, 0.15) is 23.9 Å². The van der Waals surface area contributed by atoms with Gasteiger partial charge in [-0.25, -0.2) is 4.79 Å². The van der Waals surface area contributed by atoms with Crippen LogP contribution in [0.1, 0.15) is 78.9 Å². The normalized spacial score (nSPS) is 45.1. The predicted octanol–water partition coefficient (Wildman–Crippen LogP) is 3.85. The molecular weight excluding hydrogens is 544 g/mol. The third-order valence-electron chi connectivity index (χ3n) is 11.8. The molecule has 0 unspecified atom stereocenters.